The van der Waals surface area contributed by atoms with Crippen LogP contribution >= 0.6 is 11.6 Å². The number of ether oxygens (including phenoxy) is 1. The number of hydrogen-bond acceptors (Lipinski definition) is 5. The molecule has 29 heavy (non-hydrogen) atoms. The van der Waals surface area contributed by atoms with Crippen LogP contribution in [0.1, 0.15) is 15.9 Å². The van der Waals surface area contributed by atoms with Gasteiger partial charge in [0.15, 0.2) is 11.7 Å². The molecule has 1 aromatic heterocycles. The van der Waals surface area contributed by atoms with Crippen molar-refractivity contribution < 1.29 is 14.3 Å². The molecule has 0 spiro atoms. The summed E-state index contributed by atoms with van der Waals surface area (Å²) in [6.45, 7) is 0.361. The number of nitriles is 1. The zero-order chi connectivity index (χ0) is 20.8. The highest BCUT2D eigenvalue weighted by atomic mass is 35.5. The van der Waals surface area contributed by atoms with Crippen molar-refractivity contribution in [3.05, 3.63) is 77.1 Å². The number of halogens is 1. The number of anilines is 1. The molecular formula is C21H17ClN4O3. The third-order valence-corrected chi connectivity index (χ3v) is 4.57. The number of Topliss-reactive ketones (excluding diaryl/α,β-unsaturated/α-hetero) is 1. The maximum Gasteiger partial charge on any atom is 0.249 e. The standard InChI is InChI=1S/C21H17ClN4O3/c1-29-17-7-4-6-16(9-17)25-21(28)18(10-23)20(27)15-11-24-26(13-15)12-14-5-2-3-8-19(14)22/h2-9,11,13,18H,12H2,1H3,(H,25,28). The van der Waals surface area contributed by atoms with Crippen molar-refractivity contribution in [1.82, 2.24) is 9.78 Å². The average Bonchev–Trinajstić information content (AvgIpc) is 3.19. The van der Waals surface area contributed by atoms with Crippen LogP contribution in [-0.2, 0) is 11.3 Å². The van der Waals surface area contributed by atoms with E-state index in [9.17, 15) is 14.9 Å². The highest BCUT2D eigenvalue weighted by Crippen LogP contribution is 2.19. The molecule has 0 aliphatic heterocycles. The van der Waals surface area contributed by atoms with Crippen molar-refractivity contribution in [1.29, 1.82) is 5.26 Å². The lowest BCUT2D eigenvalue weighted by Crippen LogP contribution is -2.28. The van der Waals surface area contributed by atoms with Crippen molar-refractivity contribution in [2.45, 2.75) is 6.54 Å². The first-order valence-electron chi connectivity index (χ1n) is 8.66. The van der Waals surface area contributed by atoms with Gasteiger partial charge in [-0.1, -0.05) is 35.9 Å². The molecule has 1 unspecified atom stereocenters. The minimum Gasteiger partial charge on any atom is -0.497 e. The number of hydrogen-bond donors (Lipinski definition) is 1. The van der Waals surface area contributed by atoms with E-state index < -0.39 is 17.6 Å². The molecule has 1 atom stereocenters. The zero-order valence-corrected chi connectivity index (χ0v) is 16.3. The van der Waals surface area contributed by atoms with E-state index >= 15 is 0 Å². The molecule has 146 valence electrons. The van der Waals surface area contributed by atoms with Gasteiger partial charge in [-0.05, 0) is 23.8 Å². The lowest BCUT2D eigenvalue weighted by Gasteiger charge is -2.09. The lowest BCUT2D eigenvalue weighted by molar-refractivity contribution is -0.117. The Hall–Kier alpha value is -3.63. The molecule has 1 heterocycles. The quantitative estimate of drug-likeness (QED) is 0.476. The number of carbonyl (C=O) groups is 2. The lowest BCUT2D eigenvalue weighted by atomic mass is 10.0. The number of carbonyl (C=O) groups excluding carboxylic acids is 2. The molecule has 0 aliphatic carbocycles. The molecule has 1 amide bonds. The summed E-state index contributed by atoms with van der Waals surface area (Å²) >= 11 is 6.14. The summed E-state index contributed by atoms with van der Waals surface area (Å²) in [5, 5.41) is 16.7. The predicted octanol–water partition coefficient (Wildman–Crippen LogP) is 3.55. The third-order valence-electron chi connectivity index (χ3n) is 4.20. The van der Waals surface area contributed by atoms with Gasteiger partial charge in [-0.25, -0.2) is 0 Å². The molecule has 3 rings (SSSR count). The minimum atomic E-state index is -1.50. The maximum absolute atomic E-state index is 12.7. The molecule has 0 aliphatic rings. The summed E-state index contributed by atoms with van der Waals surface area (Å²) in [7, 11) is 1.50. The molecular weight excluding hydrogens is 392 g/mol. The van der Waals surface area contributed by atoms with Crippen LogP contribution in [0.4, 0.5) is 5.69 Å². The van der Waals surface area contributed by atoms with Crippen LogP contribution in [-0.4, -0.2) is 28.6 Å². The van der Waals surface area contributed by atoms with E-state index in [-0.39, 0.29) is 5.56 Å². The van der Waals surface area contributed by atoms with Crippen LogP contribution in [0.25, 0.3) is 0 Å². The van der Waals surface area contributed by atoms with Gasteiger partial charge in [0, 0.05) is 23.0 Å². The van der Waals surface area contributed by atoms with E-state index in [0.29, 0.717) is 23.0 Å². The van der Waals surface area contributed by atoms with Crippen LogP contribution < -0.4 is 10.1 Å². The largest absolute Gasteiger partial charge is 0.497 e. The van der Waals surface area contributed by atoms with Crippen molar-refractivity contribution in [2.24, 2.45) is 5.92 Å². The van der Waals surface area contributed by atoms with Crippen molar-refractivity contribution >= 4 is 29.0 Å². The van der Waals surface area contributed by atoms with E-state index in [0.717, 1.165) is 5.56 Å². The fourth-order valence-electron chi connectivity index (χ4n) is 2.70. The Labute approximate surface area is 172 Å². The van der Waals surface area contributed by atoms with Crippen molar-refractivity contribution in [3.8, 4) is 11.8 Å². The van der Waals surface area contributed by atoms with Crippen LogP contribution in [0.15, 0.2) is 60.9 Å². The number of ketones is 1. The third kappa shape index (κ3) is 4.81. The summed E-state index contributed by atoms with van der Waals surface area (Å²) in [5.74, 6) is -2.30. The van der Waals surface area contributed by atoms with Gasteiger partial charge in [0.1, 0.15) is 5.75 Å². The van der Waals surface area contributed by atoms with Gasteiger partial charge < -0.3 is 10.1 Å². The van der Waals surface area contributed by atoms with Gasteiger partial charge in [0.05, 0.1) is 31.5 Å². The van der Waals surface area contributed by atoms with Gasteiger partial charge >= 0.3 is 0 Å². The zero-order valence-electron chi connectivity index (χ0n) is 15.5. The monoisotopic (exact) mass is 408 g/mol. The predicted molar refractivity (Wildman–Crippen MR) is 108 cm³/mol. The second kappa shape index (κ2) is 9.04. The maximum atomic E-state index is 12.7. The topological polar surface area (TPSA) is 97.0 Å². The van der Waals surface area contributed by atoms with Crippen LogP contribution in [0, 0.1) is 17.2 Å². The first-order chi connectivity index (χ1) is 14.0. The van der Waals surface area contributed by atoms with Gasteiger partial charge in [0.25, 0.3) is 0 Å². The summed E-state index contributed by atoms with van der Waals surface area (Å²) in [6.07, 6.45) is 2.83. The summed E-state index contributed by atoms with van der Waals surface area (Å²) in [6, 6.07) is 15.7. The van der Waals surface area contributed by atoms with Crippen molar-refractivity contribution in [2.75, 3.05) is 12.4 Å². The van der Waals surface area contributed by atoms with Gasteiger partial charge in [-0.2, -0.15) is 10.4 Å². The number of nitrogens with zero attached hydrogens (tertiary/aromatic N) is 3. The Morgan fingerprint density at radius 3 is 2.79 bits per heavy atom. The van der Waals surface area contributed by atoms with Crippen molar-refractivity contribution in [3.63, 3.8) is 0 Å². The second-order valence-electron chi connectivity index (χ2n) is 6.17. The first-order valence-corrected chi connectivity index (χ1v) is 9.04. The number of benzene rings is 2. The Bertz CT molecular complexity index is 1090. The number of amides is 1. The fourth-order valence-corrected chi connectivity index (χ4v) is 2.89. The number of methoxy groups -OCH3 is 1. The normalized spacial score (nSPS) is 11.3. The van der Waals surface area contributed by atoms with Crippen LogP contribution in [0.5, 0.6) is 5.75 Å². The molecule has 2 aromatic carbocycles. The Morgan fingerprint density at radius 2 is 2.07 bits per heavy atom. The SMILES string of the molecule is COc1cccc(NC(=O)C(C#N)C(=O)c2cnn(Cc3ccccc3Cl)c2)c1. The molecule has 8 heteroatoms. The molecule has 0 saturated heterocycles. The molecule has 1 N–H and O–H groups in total. The fraction of sp³-hybridized carbons (Fsp3) is 0.143. The van der Waals surface area contributed by atoms with Gasteiger partial charge in [-0.3, -0.25) is 14.3 Å². The van der Waals surface area contributed by atoms with E-state index in [1.54, 1.807) is 36.4 Å². The second-order valence-corrected chi connectivity index (χ2v) is 6.57. The molecule has 0 radical (unpaired) electrons. The smallest absolute Gasteiger partial charge is 0.249 e. The molecule has 0 bridgehead atoms. The molecule has 0 saturated carbocycles. The number of nitrogens with one attached hydrogen (secondary N) is 1. The number of aromatic nitrogens is 2. The Kier molecular flexibility index (Phi) is 6.27. The minimum absolute atomic E-state index is 0.171. The van der Waals surface area contributed by atoms with E-state index in [1.165, 1.54) is 24.2 Å². The molecule has 0 fully saturated rings. The number of rotatable bonds is 7. The van der Waals surface area contributed by atoms with Gasteiger partial charge in [0.2, 0.25) is 5.91 Å². The first kappa shape index (κ1) is 20.1. The highest BCUT2D eigenvalue weighted by Gasteiger charge is 2.28. The Morgan fingerprint density at radius 1 is 1.28 bits per heavy atom. The van der Waals surface area contributed by atoms with Gasteiger partial charge in [-0.15, -0.1) is 0 Å². The summed E-state index contributed by atoms with van der Waals surface area (Å²) in [5.41, 5.74) is 1.44. The summed E-state index contributed by atoms with van der Waals surface area (Å²) < 4.78 is 6.63. The average molecular weight is 409 g/mol. The highest BCUT2D eigenvalue weighted by molar-refractivity contribution is 6.31. The Balaban J connectivity index is 1.72. The van der Waals surface area contributed by atoms with E-state index in [1.807, 2.05) is 18.2 Å². The van der Waals surface area contributed by atoms with Crippen LogP contribution in [0.3, 0.4) is 0 Å². The van der Waals surface area contributed by atoms with Crippen LogP contribution in [0.2, 0.25) is 5.02 Å². The molecule has 3 aromatic rings. The summed E-state index contributed by atoms with van der Waals surface area (Å²) in [4.78, 5) is 25.1. The molecule has 7 nitrogen and oxygen atoms in total. The van der Waals surface area contributed by atoms with E-state index in [4.69, 9.17) is 16.3 Å². The van der Waals surface area contributed by atoms with E-state index in [2.05, 4.69) is 10.4 Å².